The van der Waals surface area contributed by atoms with Crippen LogP contribution in [-0.2, 0) is 14.3 Å². The molecule has 1 saturated heterocycles. The number of methoxy groups -OCH3 is 3. The Kier molecular flexibility index (Phi) is 7.91. The highest BCUT2D eigenvalue weighted by molar-refractivity contribution is 7.17. The Bertz CT molecular complexity index is 1490. The highest BCUT2D eigenvalue weighted by atomic mass is 32.1. The molecule has 1 aliphatic heterocycles. The van der Waals surface area contributed by atoms with Crippen molar-refractivity contribution in [2.24, 2.45) is 0 Å². The number of nitrogens with zero attached hydrogens (tertiary/aromatic N) is 2. The van der Waals surface area contributed by atoms with E-state index in [1.165, 1.54) is 26.2 Å². The fourth-order valence-electron chi connectivity index (χ4n) is 4.42. The number of aryl methyl sites for hydroxylation is 2. The van der Waals surface area contributed by atoms with Gasteiger partial charge in [-0.05, 0) is 62.2 Å². The molecule has 0 aliphatic carbocycles. The van der Waals surface area contributed by atoms with E-state index in [0.29, 0.717) is 34.1 Å². The fourth-order valence-corrected chi connectivity index (χ4v) is 5.41. The predicted octanol–water partition coefficient (Wildman–Crippen LogP) is 4.59. The van der Waals surface area contributed by atoms with Gasteiger partial charge in [0, 0.05) is 5.56 Å². The van der Waals surface area contributed by atoms with Crippen LogP contribution in [0.2, 0.25) is 0 Å². The van der Waals surface area contributed by atoms with Crippen LogP contribution in [0.1, 0.15) is 45.0 Å². The Hall–Kier alpha value is -4.38. The molecule has 1 amide bonds. The molecule has 0 unspecified atom stereocenters. The van der Waals surface area contributed by atoms with Crippen LogP contribution in [0, 0.1) is 13.8 Å². The van der Waals surface area contributed by atoms with Crippen molar-refractivity contribution in [3.63, 3.8) is 0 Å². The van der Waals surface area contributed by atoms with Crippen LogP contribution in [0.15, 0.2) is 42.0 Å². The van der Waals surface area contributed by atoms with Gasteiger partial charge in [0.15, 0.2) is 16.6 Å². The van der Waals surface area contributed by atoms with Crippen molar-refractivity contribution in [3.8, 4) is 17.2 Å². The molecule has 1 aromatic heterocycles. The number of ketones is 1. The van der Waals surface area contributed by atoms with Crippen molar-refractivity contribution in [1.82, 2.24) is 4.98 Å². The first kappa shape index (κ1) is 27.6. The number of thiazole rings is 1. The maximum atomic E-state index is 13.5. The summed E-state index contributed by atoms with van der Waals surface area (Å²) in [7, 11) is 4.49. The Labute approximate surface area is 229 Å². The van der Waals surface area contributed by atoms with Gasteiger partial charge in [-0.1, -0.05) is 17.4 Å². The summed E-state index contributed by atoms with van der Waals surface area (Å²) in [6, 6.07) is 8.80. The smallest absolute Gasteiger partial charge is 0.350 e. The molecule has 1 N–H and O–H groups in total. The molecule has 10 nitrogen and oxygen atoms in total. The number of benzene rings is 2. The van der Waals surface area contributed by atoms with E-state index < -0.39 is 23.7 Å². The molecule has 0 radical (unpaired) electrons. The quantitative estimate of drug-likeness (QED) is 0.185. The number of aliphatic hydroxyl groups is 1. The van der Waals surface area contributed by atoms with E-state index in [4.69, 9.17) is 18.9 Å². The molecule has 1 atom stereocenters. The van der Waals surface area contributed by atoms with Gasteiger partial charge in [-0.3, -0.25) is 14.5 Å². The van der Waals surface area contributed by atoms with Crippen LogP contribution < -0.4 is 19.1 Å². The number of amides is 1. The van der Waals surface area contributed by atoms with Crippen molar-refractivity contribution < 1.29 is 38.4 Å². The van der Waals surface area contributed by atoms with Gasteiger partial charge in [0.1, 0.15) is 16.4 Å². The minimum Gasteiger partial charge on any atom is -0.507 e. The monoisotopic (exact) mass is 552 g/mol. The normalized spacial score (nSPS) is 16.4. The number of aliphatic hydroxyl groups excluding tert-OH is 1. The second kappa shape index (κ2) is 11.2. The summed E-state index contributed by atoms with van der Waals surface area (Å²) in [6.45, 7) is 5.28. The summed E-state index contributed by atoms with van der Waals surface area (Å²) in [5.41, 5.74) is 1.74. The number of carbonyl (C=O) groups is 3. The summed E-state index contributed by atoms with van der Waals surface area (Å²) in [5.74, 6) is -1.32. The number of aromatic nitrogens is 1. The fraction of sp³-hybridized carbons (Fsp3) is 0.286. The number of esters is 1. The molecule has 204 valence electrons. The first-order valence-electron chi connectivity index (χ1n) is 12.0. The number of rotatable bonds is 8. The zero-order valence-electron chi connectivity index (χ0n) is 22.4. The average molecular weight is 553 g/mol. The van der Waals surface area contributed by atoms with E-state index in [1.54, 1.807) is 57.2 Å². The van der Waals surface area contributed by atoms with E-state index in [-0.39, 0.29) is 27.9 Å². The minimum atomic E-state index is -1.08. The Morgan fingerprint density at radius 3 is 2.28 bits per heavy atom. The van der Waals surface area contributed by atoms with Gasteiger partial charge in [-0.15, -0.1) is 0 Å². The molecule has 1 fully saturated rings. The van der Waals surface area contributed by atoms with Crippen molar-refractivity contribution in [1.29, 1.82) is 0 Å². The van der Waals surface area contributed by atoms with E-state index in [2.05, 4.69) is 4.98 Å². The second-order valence-corrected chi connectivity index (χ2v) is 9.58. The number of ether oxygens (including phenoxy) is 4. The van der Waals surface area contributed by atoms with Crippen molar-refractivity contribution >= 4 is 39.9 Å². The average Bonchev–Trinajstić information content (AvgIpc) is 3.44. The summed E-state index contributed by atoms with van der Waals surface area (Å²) >= 11 is 0.934. The van der Waals surface area contributed by atoms with Crippen LogP contribution in [0.25, 0.3) is 5.76 Å². The van der Waals surface area contributed by atoms with Gasteiger partial charge in [-0.2, -0.15) is 0 Å². The summed E-state index contributed by atoms with van der Waals surface area (Å²) < 4.78 is 21.2. The number of hydrogen-bond acceptors (Lipinski definition) is 10. The van der Waals surface area contributed by atoms with Crippen LogP contribution in [0.4, 0.5) is 5.13 Å². The van der Waals surface area contributed by atoms with E-state index in [9.17, 15) is 19.5 Å². The maximum Gasteiger partial charge on any atom is 0.350 e. The zero-order valence-corrected chi connectivity index (χ0v) is 23.2. The Balaban J connectivity index is 1.95. The number of Topliss-reactive ketones (excluding diaryl/α,β-unsaturated/α-hetero) is 1. The van der Waals surface area contributed by atoms with Gasteiger partial charge in [0.05, 0.1) is 45.2 Å². The summed E-state index contributed by atoms with van der Waals surface area (Å²) in [5, 5.41) is 11.5. The van der Waals surface area contributed by atoms with E-state index >= 15 is 0 Å². The van der Waals surface area contributed by atoms with Crippen molar-refractivity contribution in [2.45, 2.75) is 26.8 Å². The molecule has 0 spiro atoms. The second-order valence-electron chi connectivity index (χ2n) is 8.60. The highest BCUT2D eigenvalue weighted by Crippen LogP contribution is 2.45. The van der Waals surface area contributed by atoms with Crippen LogP contribution in [-0.4, -0.2) is 55.7 Å². The lowest BCUT2D eigenvalue weighted by atomic mass is 9.94. The standard InChI is InChI=1S/C28H28N2O8S/c1-7-38-27(34)25-15(3)29-28(39-25)30-22(16-8-11-19(36-5)20(13-16)37-6)21(24(32)26(30)33)23(31)17-9-10-18(35-4)14(2)12-17/h8-13,22,31H,7H2,1-6H3/b23-21+/t22-/m0/s1. The molecule has 39 heavy (non-hydrogen) atoms. The van der Waals surface area contributed by atoms with Crippen LogP contribution in [0.5, 0.6) is 17.2 Å². The Morgan fingerprint density at radius 2 is 1.67 bits per heavy atom. The SMILES string of the molecule is CCOC(=O)c1sc(N2C(=O)C(=O)/C(=C(/O)c3ccc(OC)c(C)c3)[C@@H]2c2ccc(OC)c(OC)c2)nc1C. The van der Waals surface area contributed by atoms with Crippen molar-refractivity contribution in [2.75, 3.05) is 32.8 Å². The molecule has 11 heteroatoms. The molecule has 4 rings (SSSR count). The topological polar surface area (TPSA) is 124 Å². The Morgan fingerprint density at radius 1 is 1.00 bits per heavy atom. The third kappa shape index (κ3) is 4.92. The number of carbonyl (C=O) groups excluding carboxylic acids is 3. The van der Waals surface area contributed by atoms with E-state index in [0.717, 1.165) is 16.9 Å². The van der Waals surface area contributed by atoms with Gasteiger partial charge in [0.25, 0.3) is 5.78 Å². The van der Waals surface area contributed by atoms with Crippen molar-refractivity contribution in [3.05, 3.63) is 69.2 Å². The first-order chi connectivity index (χ1) is 18.7. The minimum absolute atomic E-state index is 0.113. The molecule has 3 aromatic rings. The van der Waals surface area contributed by atoms with Gasteiger partial charge in [-0.25, -0.2) is 9.78 Å². The molecular formula is C28H28N2O8S. The molecule has 2 heterocycles. The molecule has 0 saturated carbocycles. The largest absolute Gasteiger partial charge is 0.507 e. The maximum absolute atomic E-state index is 13.5. The van der Waals surface area contributed by atoms with Gasteiger partial charge < -0.3 is 24.1 Å². The number of hydrogen-bond donors (Lipinski definition) is 1. The lowest BCUT2D eigenvalue weighted by molar-refractivity contribution is -0.132. The molecule has 2 aromatic carbocycles. The number of anilines is 1. The third-order valence-corrected chi connectivity index (χ3v) is 7.43. The predicted molar refractivity (Wildman–Crippen MR) is 145 cm³/mol. The summed E-state index contributed by atoms with van der Waals surface area (Å²) in [6.07, 6.45) is 0. The van der Waals surface area contributed by atoms with E-state index in [1.807, 2.05) is 0 Å². The molecule has 1 aliphatic rings. The molecular weight excluding hydrogens is 524 g/mol. The van der Waals surface area contributed by atoms with Gasteiger partial charge >= 0.3 is 11.9 Å². The highest BCUT2D eigenvalue weighted by Gasteiger charge is 2.48. The third-order valence-electron chi connectivity index (χ3n) is 6.29. The zero-order chi connectivity index (χ0) is 28.4. The van der Waals surface area contributed by atoms with Crippen LogP contribution in [0.3, 0.4) is 0 Å². The van der Waals surface area contributed by atoms with Gasteiger partial charge in [0.2, 0.25) is 0 Å². The summed E-state index contributed by atoms with van der Waals surface area (Å²) in [4.78, 5) is 45.3. The lowest BCUT2D eigenvalue weighted by Crippen LogP contribution is -2.29. The molecule has 0 bridgehead atoms. The lowest BCUT2D eigenvalue weighted by Gasteiger charge is -2.24. The first-order valence-corrected chi connectivity index (χ1v) is 12.8. The van der Waals surface area contributed by atoms with Crippen LogP contribution >= 0.6 is 11.3 Å².